The lowest BCUT2D eigenvalue weighted by Crippen LogP contribution is -2.28. The van der Waals surface area contributed by atoms with Gasteiger partial charge < -0.3 is 10.1 Å². The Morgan fingerprint density at radius 3 is 2.79 bits per heavy atom. The molecule has 2 aromatic carbocycles. The first-order valence-corrected chi connectivity index (χ1v) is 8.77. The van der Waals surface area contributed by atoms with Crippen LogP contribution in [0.5, 0.6) is 5.75 Å². The summed E-state index contributed by atoms with van der Waals surface area (Å²) in [5.74, 6) is 0.0617. The van der Waals surface area contributed by atoms with Gasteiger partial charge in [0, 0.05) is 17.1 Å². The van der Waals surface area contributed by atoms with Crippen molar-refractivity contribution in [3.05, 3.63) is 78.4 Å². The zero-order valence-corrected chi connectivity index (χ0v) is 14.9. The van der Waals surface area contributed by atoms with Crippen molar-refractivity contribution in [3.63, 3.8) is 0 Å². The number of pyridine rings is 1. The Hall–Kier alpha value is -3.74. The number of hydrogen-bond donors (Lipinski definition) is 2. The molecule has 2 N–H and O–H groups in total. The third-order valence-corrected chi connectivity index (χ3v) is 4.20. The lowest BCUT2D eigenvalue weighted by Gasteiger charge is -2.09. The molecule has 0 aliphatic heterocycles. The molecule has 4 rings (SSSR count). The molecule has 0 bridgehead atoms. The minimum absolute atomic E-state index is 0.291. The van der Waals surface area contributed by atoms with Crippen LogP contribution in [0, 0.1) is 5.82 Å². The van der Waals surface area contributed by atoms with Crippen LogP contribution in [0.15, 0.2) is 66.9 Å². The number of carbonyl (C=O) groups excluding carboxylic acids is 1. The SMILES string of the molecule is O=C(NCCOc1cccc2cccnc12)c1cc(-c2ccc(F)cc2)n[nH]1. The van der Waals surface area contributed by atoms with E-state index in [1.165, 1.54) is 12.1 Å². The van der Waals surface area contributed by atoms with Gasteiger partial charge in [0.05, 0.1) is 12.2 Å². The predicted octanol–water partition coefficient (Wildman–Crippen LogP) is 3.57. The first-order chi connectivity index (χ1) is 13.7. The molecule has 0 spiro atoms. The predicted molar refractivity (Wildman–Crippen MR) is 104 cm³/mol. The highest BCUT2D eigenvalue weighted by molar-refractivity contribution is 5.93. The largest absolute Gasteiger partial charge is 0.489 e. The van der Waals surface area contributed by atoms with Crippen LogP contribution in [0.3, 0.4) is 0 Å². The number of rotatable bonds is 6. The number of fused-ring (bicyclic) bond motifs is 1. The quantitative estimate of drug-likeness (QED) is 0.504. The summed E-state index contributed by atoms with van der Waals surface area (Å²) in [5, 5.41) is 10.6. The Morgan fingerprint density at radius 2 is 1.93 bits per heavy atom. The molecule has 6 nitrogen and oxygen atoms in total. The number of aromatic nitrogens is 3. The number of carbonyl (C=O) groups is 1. The van der Waals surface area contributed by atoms with Crippen LogP contribution in [0.1, 0.15) is 10.5 Å². The van der Waals surface area contributed by atoms with Crippen LogP contribution in [0.4, 0.5) is 4.39 Å². The van der Waals surface area contributed by atoms with E-state index in [1.807, 2.05) is 30.3 Å². The van der Waals surface area contributed by atoms with Gasteiger partial charge in [-0.2, -0.15) is 5.10 Å². The molecule has 0 aliphatic rings. The fourth-order valence-electron chi connectivity index (χ4n) is 2.82. The van der Waals surface area contributed by atoms with Crippen LogP contribution >= 0.6 is 0 Å². The van der Waals surface area contributed by atoms with E-state index >= 15 is 0 Å². The number of para-hydroxylation sites is 1. The molecule has 0 fully saturated rings. The number of amides is 1. The zero-order chi connectivity index (χ0) is 19.3. The highest BCUT2D eigenvalue weighted by atomic mass is 19.1. The summed E-state index contributed by atoms with van der Waals surface area (Å²) >= 11 is 0. The fourth-order valence-corrected chi connectivity index (χ4v) is 2.82. The molecule has 2 heterocycles. The normalized spacial score (nSPS) is 10.8. The second-order valence-corrected chi connectivity index (χ2v) is 6.11. The van der Waals surface area contributed by atoms with Gasteiger partial charge in [0.1, 0.15) is 29.4 Å². The lowest BCUT2D eigenvalue weighted by molar-refractivity contribution is 0.0942. The minimum atomic E-state index is -0.321. The lowest BCUT2D eigenvalue weighted by atomic mass is 10.1. The number of ether oxygens (including phenoxy) is 1. The van der Waals surface area contributed by atoms with Gasteiger partial charge >= 0.3 is 0 Å². The van der Waals surface area contributed by atoms with Crippen LogP contribution < -0.4 is 10.1 Å². The molecular weight excluding hydrogens is 359 g/mol. The Bertz CT molecular complexity index is 1100. The molecule has 2 aromatic heterocycles. The van der Waals surface area contributed by atoms with E-state index < -0.39 is 0 Å². The first kappa shape index (κ1) is 17.7. The standard InChI is InChI=1S/C21H17FN4O2/c22-16-8-6-14(7-9-16)17-13-18(26-25-17)21(27)24-11-12-28-19-5-1-3-15-4-2-10-23-20(15)19/h1-10,13H,11-12H2,(H,24,27)(H,25,26). The molecular formula is C21H17FN4O2. The zero-order valence-electron chi connectivity index (χ0n) is 14.9. The van der Waals surface area contributed by atoms with E-state index in [0.29, 0.717) is 30.3 Å². The number of hydrogen-bond acceptors (Lipinski definition) is 4. The summed E-state index contributed by atoms with van der Waals surface area (Å²) in [6.07, 6.45) is 1.72. The summed E-state index contributed by atoms with van der Waals surface area (Å²) in [6.45, 7) is 0.632. The molecule has 7 heteroatoms. The van der Waals surface area contributed by atoms with Crippen molar-refractivity contribution in [3.8, 4) is 17.0 Å². The van der Waals surface area contributed by atoms with Gasteiger partial charge in [-0.15, -0.1) is 0 Å². The van der Waals surface area contributed by atoms with Crippen molar-refractivity contribution >= 4 is 16.8 Å². The van der Waals surface area contributed by atoms with E-state index in [4.69, 9.17) is 4.74 Å². The van der Waals surface area contributed by atoms with Gasteiger partial charge in [0.25, 0.3) is 5.91 Å². The third-order valence-electron chi connectivity index (χ3n) is 4.20. The van der Waals surface area contributed by atoms with E-state index in [1.54, 1.807) is 24.4 Å². The Balaban J connectivity index is 1.33. The second kappa shape index (κ2) is 7.87. The molecule has 140 valence electrons. The highest BCUT2D eigenvalue weighted by Gasteiger charge is 2.11. The monoisotopic (exact) mass is 376 g/mol. The van der Waals surface area contributed by atoms with Crippen molar-refractivity contribution in [2.75, 3.05) is 13.2 Å². The summed E-state index contributed by atoms with van der Waals surface area (Å²) in [7, 11) is 0. The van der Waals surface area contributed by atoms with Gasteiger partial charge in [-0.25, -0.2) is 4.39 Å². The first-order valence-electron chi connectivity index (χ1n) is 8.77. The average Bonchev–Trinajstić information content (AvgIpc) is 3.22. The van der Waals surface area contributed by atoms with Crippen molar-refractivity contribution in [1.29, 1.82) is 0 Å². The maximum Gasteiger partial charge on any atom is 0.269 e. The molecule has 0 radical (unpaired) electrons. The molecule has 0 atom stereocenters. The van der Waals surface area contributed by atoms with Crippen LogP contribution in [-0.2, 0) is 0 Å². The van der Waals surface area contributed by atoms with Gasteiger partial charge in [0.15, 0.2) is 0 Å². The summed E-state index contributed by atoms with van der Waals surface area (Å²) in [5.41, 5.74) is 2.41. The number of nitrogens with zero attached hydrogens (tertiary/aromatic N) is 2. The van der Waals surface area contributed by atoms with E-state index in [-0.39, 0.29) is 11.7 Å². The van der Waals surface area contributed by atoms with Gasteiger partial charge in [-0.05, 0) is 42.5 Å². The molecule has 0 unspecified atom stereocenters. The van der Waals surface area contributed by atoms with Crippen molar-refractivity contribution in [2.45, 2.75) is 0 Å². The maximum atomic E-state index is 13.0. The van der Waals surface area contributed by atoms with E-state index in [9.17, 15) is 9.18 Å². The number of H-pyrrole nitrogens is 1. The number of halogens is 1. The minimum Gasteiger partial charge on any atom is -0.489 e. The summed E-state index contributed by atoms with van der Waals surface area (Å²) in [6, 6.07) is 17.1. The maximum absolute atomic E-state index is 13.0. The number of nitrogens with one attached hydrogen (secondary N) is 2. The van der Waals surface area contributed by atoms with Crippen molar-refractivity contribution in [2.24, 2.45) is 0 Å². The van der Waals surface area contributed by atoms with Crippen molar-refractivity contribution in [1.82, 2.24) is 20.5 Å². The fraction of sp³-hybridized carbons (Fsp3) is 0.0952. The van der Waals surface area contributed by atoms with Gasteiger partial charge in [-0.3, -0.25) is 14.9 Å². The molecule has 0 saturated heterocycles. The average molecular weight is 376 g/mol. The number of benzene rings is 2. The van der Waals surface area contributed by atoms with E-state index in [2.05, 4.69) is 20.5 Å². The number of aromatic amines is 1. The highest BCUT2D eigenvalue weighted by Crippen LogP contribution is 2.22. The molecule has 1 amide bonds. The molecule has 28 heavy (non-hydrogen) atoms. The molecule has 4 aromatic rings. The van der Waals surface area contributed by atoms with Crippen LogP contribution in [-0.4, -0.2) is 34.2 Å². The third kappa shape index (κ3) is 3.83. The van der Waals surface area contributed by atoms with Gasteiger partial charge in [0.2, 0.25) is 0 Å². The Kier molecular flexibility index (Phi) is 4.97. The van der Waals surface area contributed by atoms with E-state index in [0.717, 1.165) is 16.5 Å². The molecule has 0 saturated carbocycles. The van der Waals surface area contributed by atoms with Crippen LogP contribution in [0.2, 0.25) is 0 Å². The summed E-state index contributed by atoms with van der Waals surface area (Å²) < 4.78 is 18.8. The van der Waals surface area contributed by atoms with Crippen molar-refractivity contribution < 1.29 is 13.9 Å². The van der Waals surface area contributed by atoms with Gasteiger partial charge in [-0.1, -0.05) is 18.2 Å². The smallest absolute Gasteiger partial charge is 0.269 e. The Morgan fingerprint density at radius 1 is 1.11 bits per heavy atom. The second-order valence-electron chi connectivity index (χ2n) is 6.11. The summed E-state index contributed by atoms with van der Waals surface area (Å²) in [4.78, 5) is 16.6. The molecule has 0 aliphatic carbocycles. The topological polar surface area (TPSA) is 79.9 Å². The Labute approximate surface area is 160 Å². The van der Waals surface area contributed by atoms with Crippen LogP contribution in [0.25, 0.3) is 22.2 Å².